The number of fused-ring (bicyclic) bond motifs is 1. The molecule has 4 nitrogen and oxygen atoms in total. The first-order valence-corrected chi connectivity index (χ1v) is 7.86. The van der Waals surface area contributed by atoms with Gasteiger partial charge in [-0.1, -0.05) is 36.8 Å². The SMILES string of the molecule is O=C(O)c1ccc2ccccc2c1OCCN1CCCCC1. The third-order valence-electron chi connectivity index (χ3n) is 4.21. The molecule has 0 unspecified atom stereocenters. The fourth-order valence-electron chi connectivity index (χ4n) is 3.03. The molecule has 0 amide bonds. The van der Waals surface area contributed by atoms with Crippen LogP contribution >= 0.6 is 0 Å². The highest BCUT2D eigenvalue weighted by atomic mass is 16.5. The zero-order valence-electron chi connectivity index (χ0n) is 12.6. The minimum Gasteiger partial charge on any atom is -0.491 e. The maximum Gasteiger partial charge on any atom is 0.339 e. The second-order valence-electron chi connectivity index (χ2n) is 5.72. The Morgan fingerprint density at radius 1 is 1.09 bits per heavy atom. The molecule has 1 heterocycles. The number of nitrogens with zero attached hydrogens (tertiary/aromatic N) is 1. The number of carboxylic acid groups (broad SMARTS) is 1. The van der Waals surface area contributed by atoms with Crippen LogP contribution in [0.3, 0.4) is 0 Å². The molecule has 0 atom stereocenters. The molecule has 1 saturated heterocycles. The van der Waals surface area contributed by atoms with E-state index in [9.17, 15) is 9.90 Å². The number of piperidine rings is 1. The zero-order chi connectivity index (χ0) is 15.4. The molecule has 2 aromatic rings. The van der Waals surface area contributed by atoms with Crippen LogP contribution in [0.15, 0.2) is 36.4 Å². The minimum atomic E-state index is -0.946. The fourth-order valence-corrected chi connectivity index (χ4v) is 3.03. The molecule has 2 aromatic carbocycles. The van der Waals surface area contributed by atoms with Gasteiger partial charge < -0.3 is 9.84 Å². The molecule has 0 aromatic heterocycles. The summed E-state index contributed by atoms with van der Waals surface area (Å²) in [5, 5.41) is 11.2. The van der Waals surface area contributed by atoms with Crippen molar-refractivity contribution in [2.24, 2.45) is 0 Å². The van der Waals surface area contributed by atoms with Gasteiger partial charge in [0.15, 0.2) is 0 Å². The number of aromatic carboxylic acids is 1. The van der Waals surface area contributed by atoms with Gasteiger partial charge in [0.1, 0.15) is 17.9 Å². The molecule has 0 spiro atoms. The van der Waals surface area contributed by atoms with Crippen LogP contribution in [0.25, 0.3) is 10.8 Å². The number of hydrogen-bond donors (Lipinski definition) is 1. The van der Waals surface area contributed by atoms with Crippen molar-refractivity contribution in [3.63, 3.8) is 0 Å². The molecule has 3 rings (SSSR count). The highest BCUT2D eigenvalue weighted by Crippen LogP contribution is 2.30. The predicted octanol–water partition coefficient (Wildman–Crippen LogP) is 3.40. The second kappa shape index (κ2) is 6.79. The van der Waals surface area contributed by atoms with Crippen molar-refractivity contribution in [3.05, 3.63) is 42.0 Å². The van der Waals surface area contributed by atoms with Crippen molar-refractivity contribution in [2.45, 2.75) is 19.3 Å². The average Bonchev–Trinajstić information content (AvgIpc) is 2.55. The van der Waals surface area contributed by atoms with E-state index in [1.165, 1.54) is 19.3 Å². The summed E-state index contributed by atoms with van der Waals surface area (Å²) >= 11 is 0. The number of likely N-dealkylation sites (tertiary alicyclic amines) is 1. The summed E-state index contributed by atoms with van der Waals surface area (Å²) in [6.07, 6.45) is 3.80. The molecule has 0 radical (unpaired) electrons. The van der Waals surface area contributed by atoms with E-state index in [2.05, 4.69) is 4.90 Å². The van der Waals surface area contributed by atoms with Crippen LogP contribution in [-0.4, -0.2) is 42.2 Å². The Morgan fingerprint density at radius 3 is 2.64 bits per heavy atom. The molecule has 1 aliphatic rings. The third kappa shape index (κ3) is 3.22. The summed E-state index contributed by atoms with van der Waals surface area (Å²) < 4.78 is 5.89. The van der Waals surface area contributed by atoms with Crippen molar-refractivity contribution in [1.29, 1.82) is 0 Å². The van der Waals surface area contributed by atoms with Gasteiger partial charge in [-0.2, -0.15) is 0 Å². The minimum absolute atomic E-state index is 0.234. The van der Waals surface area contributed by atoms with Crippen LogP contribution in [0, 0.1) is 0 Å². The Kier molecular flexibility index (Phi) is 4.59. The van der Waals surface area contributed by atoms with E-state index in [0.717, 1.165) is 30.4 Å². The second-order valence-corrected chi connectivity index (χ2v) is 5.72. The smallest absolute Gasteiger partial charge is 0.339 e. The molecule has 1 fully saturated rings. The van der Waals surface area contributed by atoms with Crippen LogP contribution in [0.1, 0.15) is 29.6 Å². The molecule has 4 heteroatoms. The summed E-state index contributed by atoms with van der Waals surface area (Å²) in [5.74, 6) is -0.457. The van der Waals surface area contributed by atoms with Crippen molar-refractivity contribution in [1.82, 2.24) is 4.90 Å². The normalized spacial score (nSPS) is 15.8. The predicted molar refractivity (Wildman–Crippen MR) is 86.7 cm³/mol. The Morgan fingerprint density at radius 2 is 1.86 bits per heavy atom. The Labute approximate surface area is 130 Å². The summed E-state index contributed by atoms with van der Waals surface area (Å²) in [6.45, 7) is 3.60. The van der Waals surface area contributed by atoms with E-state index in [0.29, 0.717) is 12.4 Å². The summed E-state index contributed by atoms with van der Waals surface area (Å²) in [5.41, 5.74) is 0.234. The molecule has 0 bridgehead atoms. The van der Waals surface area contributed by atoms with Crippen LogP contribution < -0.4 is 4.74 Å². The molecule has 1 N–H and O–H groups in total. The van der Waals surface area contributed by atoms with Crippen molar-refractivity contribution in [2.75, 3.05) is 26.2 Å². The van der Waals surface area contributed by atoms with Crippen LogP contribution in [0.2, 0.25) is 0 Å². The van der Waals surface area contributed by atoms with Crippen LogP contribution in [-0.2, 0) is 0 Å². The van der Waals surface area contributed by atoms with Crippen molar-refractivity contribution < 1.29 is 14.6 Å². The molecule has 0 saturated carbocycles. The first-order valence-electron chi connectivity index (χ1n) is 7.86. The maximum absolute atomic E-state index is 11.4. The molecule has 0 aliphatic carbocycles. The Bertz CT molecular complexity index is 662. The van der Waals surface area contributed by atoms with Crippen molar-refractivity contribution >= 4 is 16.7 Å². The first-order chi connectivity index (χ1) is 10.8. The van der Waals surface area contributed by atoms with E-state index >= 15 is 0 Å². The van der Waals surface area contributed by atoms with Crippen molar-refractivity contribution in [3.8, 4) is 5.75 Å². The van der Waals surface area contributed by atoms with Gasteiger partial charge in [0.2, 0.25) is 0 Å². The number of hydrogen-bond acceptors (Lipinski definition) is 3. The van der Waals surface area contributed by atoms with Gasteiger partial charge in [-0.05, 0) is 37.4 Å². The van der Waals surface area contributed by atoms with Gasteiger partial charge in [0, 0.05) is 11.9 Å². The number of carbonyl (C=O) groups is 1. The topological polar surface area (TPSA) is 49.8 Å². The number of ether oxygens (including phenoxy) is 1. The summed E-state index contributed by atoms with van der Waals surface area (Å²) in [7, 11) is 0. The van der Waals surface area contributed by atoms with E-state index in [1.54, 1.807) is 6.07 Å². The monoisotopic (exact) mass is 299 g/mol. The highest BCUT2D eigenvalue weighted by molar-refractivity contribution is 6.00. The number of rotatable bonds is 5. The van der Waals surface area contributed by atoms with E-state index in [1.807, 2.05) is 30.3 Å². The fraction of sp³-hybridized carbons (Fsp3) is 0.389. The van der Waals surface area contributed by atoms with Gasteiger partial charge in [-0.15, -0.1) is 0 Å². The number of benzene rings is 2. The van der Waals surface area contributed by atoms with Gasteiger partial charge in [0.25, 0.3) is 0 Å². The largest absolute Gasteiger partial charge is 0.491 e. The average molecular weight is 299 g/mol. The molecular formula is C18H21NO3. The molecular weight excluding hydrogens is 278 g/mol. The van der Waals surface area contributed by atoms with Gasteiger partial charge in [-0.25, -0.2) is 4.79 Å². The van der Waals surface area contributed by atoms with E-state index in [-0.39, 0.29) is 5.56 Å². The molecule has 1 aliphatic heterocycles. The lowest BCUT2D eigenvalue weighted by Gasteiger charge is -2.26. The maximum atomic E-state index is 11.4. The zero-order valence-corrected chi connectivity index (χ0v) is 12.6. The lowest BCUT2D eigenvalue weighted by Crippen LogP contribution is -2.33. The summed E-state index contributed by atoms with van der Waals surface area (Å²) in [6, 6.07) is 11.2. The highest BCUT2D eigenvalue weighted by Gasteiger charge is 2.16. The van der Waals surface area contributed by atoms with Crippen LogP contribution in [0.5, 0.6) is 5.75 Å². The number of carboxylic acids is 1. The Balaban J connectivity index is 1.78. The van der Waals surface area contributed by atoms with Gasteiger partial charge in [0.05, 0.1) is 0 Å². The molecule has 116 valence electrons. The van der Waals surface area contributed by atoms with E-state index in [4.69, 9.17) is 4.74 Å². The van der Waals surface area contributed by atoms with Crippen LogP contribution in [0.4, 0.5) is 0 Å². The van der Waals surface area contributed by atoms with Gasteiger partial charge >= 0.3 is 5.97 Å². The lowest BCUT2D eigenvalue weighted by atomic mass is 10.1. The molecule has 22 heavy (non-hydrogen) atoms. The first kappa shape index (κ1) is 14.9. The summed E-state index contributed by atoms with van der Waals surface area (Å²) in [4.78, 5) is 13.8. The Hall–Kier alpha value is -2.07. The quantitative estimate of drug-likeness (QED) is 0.919. The van der Waals surface area contributed by atoms with E-state index < -0.39 is 5.97 Å². The standard InChI is InChI=1S/C18H21NO3/c20-18(21)16-9-8-14-6-2-3-7-15(14)17(16)22-13-12-19-10-4-1-5-11-19/h2-3,6-9H,1,4-5,10-13H2,(H,20,21). The third-order valence-corrected chi connectivity index (χ3v) is 4.21. The lowest BCUT2D eigenvalue weighted by molar-refractivity contribution is 0.0692. The van der Waals surface area contributed by atoms with Gasteiger partial charge in [-0.3, -0.25) is 4.90 Å².